The lowest BCUT2D eigenvalue weighted by Gasteiger charge is -2.57. The highest BCUT2D eigenvalue weighted by Crippen LogP contribution is 2.55. The number of nitrogens with one attached hydrogen (secondary N) is 1. The van der Waals surface area contributed by atoms with Crippen molar-refractivity contribution in [1.82, 2.24) is 9.88 Å². The predicted octanol–water partition coefficient (Wildman–Crippen LogP) is 2.86. The van der Waals surface area contributed by atoms with Crippen LogP contribution in [0.5, 0.6) is 0 Å². The third-order valence-corrected chi connectivity index (χ3v) is 6.70. The number of carbonyl (C=O) groups excluding carboxylic acids is 3. The van der Waals surface area contributed by atoms with Gasteiger partial charge in [-0.3, -0.25) is 9.59 Å². The summed E-state index contributed by atoms with van der Waals surface area (Å²) in [6.45, 7) is 3.06. The molecule has 0 spiro atoms. The molecule has 1 amide bonds. The van der Waals surface area contributed by atoms with E-state index in [1.54, 1.807) is 24.7 Å². The van der Waals surface area contributed by atoms with Gasteiger partial charge in [-0.2, -0.15) is 0 Å². The Bertz CT molecular complexity index is 759. The number of esters is 1. The number of ether oxygens (including phenoxy) is 1. The second-order valence-corrected chi connectivity index (χ2v) is 9.02. The zero-order valence-corrected chi connectivity index (χ0v) is 16.3. The molecule has 0 aliphatic heterocycles. The standard InChI is InChI=1S/C21H28N2O4/c1-12(24)17-7-18(23(3)11-17)20(26)27-13(2)19(25)22-21-8-14-4-15(9-21)6-16(5-14)10-21/h7,11,13-16H,4-6,8-10H2,1-3H3,(H,22,25)/t13-,14?,15?,16?,21?/m0/s1. The molecule has 0 saturated heterocycles. The van der Waals surface area contributed by atoms with Gasteiger partial charge < -0.3 is 14.6 Å². The van der Waals surface area contributed by atoms with Crippen LogP contribution in [0, 0.1) is 17.8 Å². The lowest BCUT2D eigenvalue weighted by atomic mass is 9.53. The van der Waals surface area contributed by atoms with Gasteiger partial charge in [-0.1, -0.05) is 0 Å². The van der Waals surface area contributed by atoms with Crippen molar-refractivity contribution in [2.75, 3.05) is 0 Å². The van der Waals surface area contributed by atoms with Gasteiger partial charge in [0.1, 0.15) is 5.69 Å². The van der Waals surface area contributed by atoms with Crippen molar-refractivity contribution < 1.29 is 19.1 Å². The number of carbonyl (C=O) groups is 3. The van der Waals surface area contributed by atoms with Crippen molar-refractivity contribution >= 4 is 17.7 Å². The molecule has 0 aromatic carbocycles. The van der Waals surface area contributed by atoms with E-state index in [0.717, 1.165) is 37.0 Å². The molecule has 6 nitrogen and oxygen atoms in total. The maximum Gasteiger partial charge on any atom is 0.355 e. The van der Waals surface area contributed by atoms with Gasteiger partial charge in [0, 0.05) is 24.3 Å². The summed E-state index contributed by atoms with van der Waals surface area (Å²) in [7, 11) is 1.68. The molecule has 4 aliphatic carbocycles. The maximum absolute atomic E-state index is 12.7. The molecular weight excluding hydrogens is 344 g/mol. The zero-order chi connectivity index (χ0) is 19.3. The Morgan fingerprint density at radius 2 is 1.70 bits per heavy atom. The Morgan fingerprint density at radius 1 is 1.15 bits per heavy atom. The molecule has 1 heterocycles. The summed E-state index contributed by atoms with van der Waals surface area (Å²) in [5.41, 5.74) is 0.629. The first kappa shape index (κ1) is 18.3. The number of nitrogens with zero attached hydrogens (tertiary/aromatic N) is 1. The van der Waals surface area contributed by atoms with Crippen LogP contribution in [0.15, 0.2) is 12.3 Å². The van der Waals surface area contributed by atoms with Crippen LogP contribution in [0.4, 0.5) is 0 Å². The maximum atomic E-state index is 12.7. The second-order valence-electron chi connectivity index (χ2n) is 9.02. The van der Waals surface area contributed by atoms with Gasteiger partial charge in [0.05, 0.1) is 0 Å². The smallest absolute Gasteiger partial charge is 0.355 e. The summed E-state index contributed by atoms with van der Waals surface area (Å²) >= 11 is 0. The zero-order valence-electron chi connectivity index (χ0n) is 16.3. The molecule has 4 saturated carbocycles. The normalized spacial score (nSPS) is 32.2. The number of aromatic nitrogens is 1. The number of Topliss-reactive ketones (excluding diaryl/α,β-unsaturated/α-hetero) is 1. The van der Waals surface area contributed by atoms with Gasteiger partial charge in [0.2, 0.25) is 0 Å². The Balaban J connectivity index is 1.40. The van der Waals surface area contributed by atoms with E-state index in [0.29, 0.717) is 5.56 Å². The molecule has 0 unspecified atom stereocenters. The van der Waals surface area contributed by atoms with E-state index >= 15 is 0 Å². The summed E-state index contributed by atoms with van der Waals surface area (Å²) < 4.78 is 6.96. The molecule has 4 aliphatic rings. The van der Waals surface area contributed by atoms with Gasteiger partial charge >= 0.3 is 5.97 Å². The SMILES string of the molecule is CC(=O)c1cc(C(=O)O[C@@H](C)C(=O)NC23CC4CC(CC(C4)C2)C3)n(C)c1. The van der Waals surface area contributed by atoms with Gasteiger partial charge in [-0.25, -0.2) is 4.79 Å². The number of hydrogen-bond donors (Lipinski definition) is 1. The second kappa shape index (κ2) is 6.50. The highest BCUT2D eigenvalue weighted by molar-refractivity contribution is 5.98. The first-order valence-electron chi connectivity index (χ1n) is 9.95. The Labute approximate surface area is 159 Å². The number of hydrogen-bond acceptors (Lipinski definition) is 4. The molecule has 27 heavy (non-hydrogen) atoms. The summed E-state index contributed by atoms with van der Waals surface area (Å²) in [5.74, 6) is 1.30. The molecule has 0 radical (unpaired) electrons. The fraction of sp³-hybridized carbons (Fsp3) is 0.667. The molecular formula is C21H28N2O4. The molecule has 4 fully saturated rings. The molecule has 1 aromatic heterocycles. The summed E-state index contributed by atoms with van der Waals surface area (Å²) in [6, 6.07) is 1.51. The highest BCUT2D eigenvalue weighted by atomic mass is 16.5. The quantitative estimate of drug-likeness (QED) is 0.637. The predicted molar refractivity (Wildman–Crippen MR) is 99.3 cm³/mol. The Morgan fingerprint density at radius 3 is 2.19 bits per heavy atom. The van der Waals surface area contributed by atoms with Crippen molar-refractivity contribution in [2.24, 2.45) is 24.8 Å². The van der Waals surface area contributed by atoms with Crippen LogP contribution in [0.3, 0.4) is 0 Å². The molecule has 1 aromatic rings. The molecule has 1 atom stereocenters. The number of rotatable bonds is 5. The fourth-order valence-corrected chi connectivity index (χ4v) is 5.86. The molecule has 1 N–H and O–H groups in total. The van der Waals surface area contributed by atoms with Crippen LogP contribution < -0.4 is 5.32 Å². The van der Waals surface area contributed by atoms with Gasteiger partial charge in [0.15, 0.2) is 11.9 Å². The van der Waals surface area contributed by atoms with E-state index in [4.69, 9.17) is 4.74 Å². The molecule has 6 heteroatoms. The van der Waals surface area contributed by atoms with Crippen molar-refractivity contribution in [2.45, 2.75) is 64.0 Å². The van der Waals surface area contributed by atoms with Crippen LogP contribution in [0.25, 0.3) is 0 Å². The fourth-order valence-electron chi connectivity index (χ4n) is 5.86. The third-order valence-electron chi connectivity index (χ3n) is 6.70. The van der Waals surface area contributed by atoms with E-state index in [2.05, 4.69) is 5.32 Å². The third kappa shape index (κ3) is 3.42. The first-order valence-corrected chi connectivity index (χ1v) is 9.95. The van der Waals surface area contributed by atoms with Crippen LogP contribution in [-0.4, -0.2) is 33.9 Å². The Kier molecular flexibility index (Phi) is 4.40. The number of ketones is 1. The highest BCUT2D eigenvalue weighted by Gasteiger charge is 2.51. The Hall–Kier alpha value is -2.11. The molecule has 146 valence electrons. The van der Waals surface area contributed by atoms with Crippen molar-refractivity contribution in [3.63, 3.8) is 0 Å². The van der Waals surface area contributed by atoms with Crippen LogP contribution in [-0.2, 0) is 16.6 Å². The van der Waals surface area contributed by atoms with Crippen LogP contribution >= 0.6 is 0 Å². The average Bonchev–Trinajstić information content (AvgIpc) is 2.95. The lowest BCUT2D eigenvalue weighted by Crippen LogP contribution is -2.61. The lowest BCUT2D eigenvalue weighted by molar-refractivity contribution is -0.134. The van der Waals surface area contributed by atoms with E-state index < -0.39 is 12.1 Å². The van der Waals surface area contributed by atoms with Crippen molar-refractivity contribution in [1.29, 1.82) is 0 Å². The van der Waals surface area contributed by atoms with E-state index in [1.165, 1.54) is 32.3 Å². The van der Waals surface area contributed by atoms with Crippen molar-refractivity contribution in [3.05, 3.63) is 23.5 Å². The van der Waals surface area contributed by atoms with E-state index in [9.17, 15) is 14.4 Å². The van der Waals surface area contributed by atoms with Gasteiger partial charge in [0.25, 0.3) is 5.91 Å². The minimum absolute atomic E-state index is 0.0979. The van der Waals surface area contributed by atoms with E-state index in [1.807, 2.05) is 0 Å². The van der Waals surface area contributed by atoms with Gasteiger partial charge in [-0.15, -0.1) is 0 Å². The molecule has 4 bridgehead atoms. The molecule has 5 rings (SSSR count). The average molecular weight is 372 g/mol. The van der Waals surface area contributed by atoms with E-state index in [-0.39, 0.29) is 22.9 Å². The monoisotopic (exact) mass is 372 g/mol. The van der Waals surface area contributed by atoms with Crippen LogP contribution in [0.1, 0.15) is 73.2 Å². The number of amides is 1. The number of aryl methyl sites for hydroxylation is 1. The summed E-state index contributed by atoms with van der Waals surface area (Å²) in [4.78, 5) is 36.7. The summed E-state index contributed by atoms with van der Waals surface area (Å²) in [6.07, 6.45) is 7.85. The topological polar surface area (TPSA) is 77.4 Å². The minimum Gasteiger partial charge on any atom is -0.448 e. The first-order chi connectivity index (χ1) is 12.7. The van der Waals surface area contributed by atoms with Gasteiger partial charge in [-0.05, 0) is 76.2 Å². The van der Waals surface area contributed by atoms with Crippen molar-refractivity contribution in [3.8, 4) is 0 Å². The largest absolute Gasteiger partial charge is 0.448 e. The van der Waals surface area contributed by atoms with Crippen LogP contribution in [0.2, 0.25) is 0 Å². The minimum atomic E-state index is -0.860. The summed E-state index contributed by atoms with van der Waals surface area (Å²) in [5, 5.41) is 3.24.